The molecule has 0 saturated carbocycles. The zero-order chi connectivity index (χ0) is 12.1. The van der Waals surface area contributed by atoms with E-state index in [-0.39, 0.29) is 11.8 Å². The van der Waals surface area contributed by atoms with Crippen molar-refractivity contribution in [2.24, 2.45) is 5.73 Å². The molecule has 16 heavy (non-hydrogen) atoms. The first-order chi connectivity index (χ1) is 7.52. The molecule has 0 aliphatic rings. The number of hydrogen-bond acceptors (Lipinski definition) is 3. The van der Waals surface area contributed by atoms with Crippen molar-refractivity contribution in [2.75, 3.05) is 6.61 Å². The van der Waals surface area contributed by atoms with Gasteiger partial charge >= 0.3 is 0 Å². The Morgan fingerprint density at radius 3 is 2.56 bits per heavy atom. The van der Waals surface area contributed by atoms with Crippen LogP contribution in [0.1, 0.15) is 31.0 Å². The number of nitrogens with zero attached hydrogens (tertiary/aromatic N) is 1. The highest BCUT2D eigenvalue weighted by molar-refractivity contribution is 5.26. The van der Waals surface area contributed by atoms with Gasteiger partial charge in [0.2, 0.25) is 5.88 Å². The van der Waals surface area contributed by atoms with Crippen LogP contribution in [0.15, 0.2) is 12.1 Å². The lowest BCUT2D eigenvalue weighted by Crippen LogP contribution is -2.10. The van der Waals surface area contributed by atoms with Gasteiger partial charge in [-0.15, -0.1) is 0 Å². The third kappa shape index (κ3) is 3.73. The molecule has 5 heteroatoms. The summed E-state index contributed by atoms with van der Waals surface area (Å²) in [6.07, 6.45) is -2.49. The van der Waals surface area contributed by atoms with Gasteiger partial charge in [-0.25, -0.2) is 13.8 Å². The zero-order valence-corrected chi connectivity index (χ0v) is 9.41. The van der Waals surface area contributed by atoms with E-state index in [1.165, 1.54) is 0 Å². The van der Waals surface area contributed by atoms with Crippen LogP contribution in [-0.4, -0.2) is 18.0 Å². The predicted molar refractivity (Wildman–Crippen MR) is 57.7 cm³/mol. The van der Waals surface area contributed by atoms with Crippen molar-refractivity contribution in [3.63, 3.8) is 0 Å². The molecule has 0 saturated heterocycles. The van der Waals surface area contributed by atoms with Crippen molar-refractivity contribution in [2.45, 2.75) is 32.7 Å². The van der Waals surface area contributed by atoms with Crippen molar-refractivity contribution in [1.82, 2.24) is 4.98 Å². The summed E-state index contributed by atoms with van der Waals surface area (Å²) in [6, 6.07) is 3.45. The molecule has 3 nitrogen and oxygen atoms in total. The predicted octanol–water partition coefficient (Wildman–Crippen LogP) is 2.31. The highest BCUT2D eigenvalue weighted by Crippen LogP contribution is 2.19. The molecule has 1 heterocycles. The second kappa shape index (κ2) is 5.75. The number of halogens is 2. The molecule has 0 atom stereocenters. The Kier molecular flexibility index (Phi) is 4.61. The Hall–Kier alpha value is -1.23. The Labute approximate surface area is 93.6 Å². The Bertz CT molecular complexity index is 343. The molecule has 1 aromatic heterocycles. The average Bonchev–Trinajstić information content (AvgIpc) is 2.25. The molecule has 0 aliphatic heterocycles. The van der Waals surface area contributed by atoms with Gasteiger partial charge in [0, 0.05) is 18.3 Å². The lowest BCUT2D eigenvalue weighted by atomic mass is 10.1. The van der Waals surface area contributed by atoms with Crippen LogP contribution in [0.2, 0.25) is 0 Å². The monoisotopic (exact) mass is 230 g/mol. The number of hydrogen-bond donors (Lipinski definition) is 1. The van der Waals surface area contributed by atoms with Crippen molar-refractivity contribution in [3.8, 4) is 5.88 Å². The number of ether oxygens (including phenoxy) is 1. The lowest BCUT2D eigenvalue weighted by Gasteiger charge is -2.11. The number of nitrogens with two attached hydrogens (primary N) is 1. The number of alkyl halides is 2. The van der Waals surface area contributed by atoms with Crippen LogP contribution in [0.3, 0.4) is 0 Å². The van der Waals surface area contributed by atoms with Crippen LogP contribution >= 0.6 is 0 Å². The number of rotatable bonds is 5. The van der Waals surface area contributed by atoms with E-state index in [2.05, 4.69) is 4.98 Å². The maximum atomic E-state index is 12.0. The minimum atomic E-state index is -2.49. The molecule has 0 fully saturated rings. The molecule has 0 aromatic carbocycles. The largest absolute Gasteiger partial charge is 0.472 e. The maximum Gasteiger partial charge on any atom is 0.272 e. The average molecular weight is 230 g/mol. The van der Waals surface area contributed by atoms with Crippen LogP contribution in [0, 0.1) is 0 Å². The molecule has 0 aliphatic carbocycles. The standard InChI is InChI=1S/C11H16F2N2O/c1-7(2)9-3-8(5-14)4-11(15-9)16-6-10(12)13/h3-4,7,10H,5-6,14H2,1-2H3. The van der Waals surface area contributed by atoms with Gasteiger partial charge in [0.15, 0.2) is 6.61 Å². The summed E-state index contributed by atoms with van der Waals surface area (Å²) in [5, 5.41) is 0. The van der Waals surface area contributed by atoms with Crippen molar-refractivity contribution in [1.29, 1.82) is 0 Å². The Balaban J connectivity index is 2.86. The summed E-state index contributed by atoms with van der Waals surface area (Å²) < 4.78 is 28.9. The van der Waals surface area contributed by atoms with Crippen LogP contribution in [0.5, 0.6) is 5.88 Å². The van der Waals surface area contributed by atoms with Gasteiger partial charge in [0.05, 0.1) is 0 Å². The van der Waals surface area contributed by atoms with E-state index in [0.29, 0.717) is 6.54 Å². The van der Waals surface area contributed by atoms with Gasteiger partial charge in [0.25, 0.3) is 6.43 Å². The van der Waals surface area contributed by atoms with Crippen molar-refractivity contribution in [3.05, 3.63) is 23.4 Å². The molecular formula is C11H16F2N2O. The summed E-state index contributed by atoms with van der Waals surface area (Å²) in [5.41, 5.74) is 7.15. The minimum Gasteiger partial charge on any atom is -0.472 e. The third-order valence-corrected chi connectivity index (χ3v) is 2.07. The Morgan fingerprint density at radius 1 is 1.38 bits per heavy atom. The first-order valence-corrected chi connectivity index (χ1v) is 5.14. The highest BCUT2D eigenvalue weighted by atomic mass is 19.3. The van der Waals surface area contributed by atoms with E-state index in [4.69, 9.17) is 10.5 Å². The van der Waals surface area contributed by atoms with Gasteiger partial charge in [-0.1, -0.05) is 13.8 Å². The summed E-state index contributed by atoms with van der Waals surface area (Å²) in [7, 11) is 0. The fraction of sp³-hybridized carbons (Fsp3) is 0.545. The highest BCUT2D eigenvalue weighted by Gasteiger charge is 2.09. The van der Waals surface area contributed by atoms with Crippen LogP contribution < -0.4 is 10.5 Å². The first-order valence-electron chi connectivity index (χ1n) is 5.14. The lowest BCUT2D eigenvalue weighted by molar-refractivity contribution is 0.0794. The van der Waals surface area contributed by atoms with Crippen LogP contribution in [0.25, 0.3) is 0 Å². The second-order valence-electron chi connectivity index (χ2n) is 3.80. The number of pyridine rings is 1. The number of aromatic nitrogens is 1. The molecular weight excluding hydrogens is 214 g/mol. The van der Waals surface area contributed by atoms with E-state index >= 15 is 0 Å². The first kappa shape index (κ1) is 12.8. The third-order valence-electron chi connectivity index (χ3n) is 2.07. The van der Waals surface area contributed by atoms with E-state index in [1.807, 2.05) is 19.9 Å². The molecule has 0 unspecified atom stereocenters. The molecule has 2 N–H and O–H groups in total. The molecule has 90 valence electrons. The molecule has 0 spiro atoms. The maximum absolute atomic E-state index is 12.0. The van der Waals surface area contributed by atoms with Crippen molar-refractivity contribution < 1.29 is 13.5 Å². The van der Waals surface area contributed by atoms with Gasteiger partial charge in [-0.3, -0.25) is 0 Å². The molecule has 0 bridgehead atoms. The summed E-state index contributed by atoms with van der Waals surface area (Å²) in [6.45, 7) is 3.64. The zero-order valence-electron chi connectivity index (χ0n) is 9.41. The van der Waals surface area contributed by atoms with Gasteiger partial charge in [-0.2, -0.15) is 0 Å². The topological polar surface area (TPSA) is 48.1 Å². The van der Waals surface area contributed by atoms with E-state index < -0.39 is 13.0 Å². The second-order valence-corrected chi connectivity index (χ2v) is 3.80. The smallest absolute Gasteiger partial charge is 0.272 e. The normalized spacial score (nSPS) is 11.2. The molecule has 0 radical (unpaired) electrons. The minimum absolute atomic E-state index is 0.209. The fourth-order valence-corrected chi connectivity index (χ4v) is 1.22. The van der Waals surface area contributed by atoms with E-state index in [0.717, 1.165) is 11.3 Å². The van der Waals surface area contributed by atoms with Crippen molar-refractivity contribution >= 4 is 0 Å². The summed E-state index contributed by atoms with van der Waals surface area (Å²) >= 11 is 0. The summed E-state index contributed by atoms with van der Waals surface area (Å²) in [5.74, 6) is 0.423. The van der Waals surface area contributed by atoms with Crippen LogP contribution in [0.4, 0.5) is 8.78 Å². The Morgan fingerprint density at radius 2 is 2.06 bits per heavy atom. The van der Waals surface area contributed by atoms with Gasteiger partial charge < -0.3 is 10.5 Å². The van der Waals surface area contributed by atoms with Crippen LogP contribution in [-0.2, 0) is 6.54 Å². The fourth-order valence-electron chi connectivity index (χ4n) is 1.22. The molecule has 0 amide bonds. The van der Waals surface area contributed by atoms with E-state index in [1.54, 1.807) is 6.07 Å². The molecule has 1 rings (SSSR count). The van der Waals surface area contributed by atoms with Gasteiger partial charge in [-0.05, 0) is 17.5 Å². The van der Waals surface area contributed by atoms with E-state index in [9.17, 15) is 8.78 Å². The van der Waals surface area contributed by atoms with Gasteiger partial charge in [0.1, 0.15) is 0 Å². The molecule has 1 aromatic rings. The SMILES string of the molecule is CC(C)c1cc(CN)cc(OCC(F)F)n1. The summed E-state index contributed by atoms with van der Waals surface area (Å²) in [4.78, 5) is 4.14. The quantitative estimate of drug-likeness (QED) is 0.844.